The molecule has 0 amide bonds. The van der Waals surface area contributed by atoms with E-state index >= 15 is 0 Å². The lowest BCUT2D eigenvalue weighted by Gasteiger charge is -2.23. The number of rotatable bonds is 10. The molecular weight excluding hydrogens is 430 g/mol. The van der Waals surface area contributed by atoms with Gasteiger partial charge in [-0.1, -0.05) is 30.3 Å². The van der Waals surface area contributed by atoms with E-state index in [2.05, 4.69) is 0 Å². The van der Waals surface area contributed by atoms with Crippen LogP contribution in [0.2, 0.25) is 0 Å². The van der Waals surface area contributed by atoms with Crippen LogP contribution in [0.25, 0.3) is 16.8 Å². The van der Waals surface area contributed by atoms with E-state index in [4.69, 9.17) is 28.4 Å². The summed E-state index contributed by atoms with van der Waals surface area (Å²) in [6.07, 6.45) is 2.11. The number of fused-ring (bicyclic) bond motifs is 1. The average molecular weight is 455 g/mol. The molecule has 0 aliphatic rings. The van der Waals surface area contributed by atoms with Crippen LogP contribution in [0.4, 0.5) is 0 Å². The topological polar surface area (TPSA) is 98.5 Å². The molecule has 0 radical (unpaired) electrons. The lowest BCUT2D eigenvalue weighted by molar-refractivity contribution is -0.400. The van der Waals surface area contributed by atoms with Gasteiger partial charge in [-0.15, -0.1) is 0 Å². The van der Waals surface area contributed by atoms with E-state index in [0.29, 0.717) is 45.1 Å². The Balaban J connectivity index is 2.44. The largest absolute Gasteiger partial charge is 0.496 e. The Morgan fingerprint density at radius 2 is 1.42 bits per heavy atom. The minimum absolute atomic E-state index is 0.189. The summed E-state index contributed by atoms with van der Waals surface area (Å²) < 4.78 is 34.4. The van der Waals surface area contributed by atoms with Crippen molar-refractivity contribution in [3.63, 3.8) is 0 Å². The van der Waals surface area contributed by atoms with Gasteiger partial charge < -0.3 is 28.4 Å². The van der Waals surface area contributed by atoms with Gasteiger partial charge in [-0.05, 0) is 5.56 Å². The first-order chi connectivity index (χ1) is 16.0. The summed E-state index contributed by atoms with van der Waals surface area (Å²) in [7, 11) is 7.44. The predicted molar refractivity (Wildman–Crippen MR) is 124 cm³/mol. The van der Waals surface area contributed by atoms with E-state index in [1.165, 1.54) is 41.6 Å². The molecule has 0 aliphatic carbocycles. The Bertz CT molecular complexity index is 1170. The van der Waals surface area contributed by atoms with Crippen molar-refractivity contribution in [3.05, 3.63) is 63.8 Å². The van der Waals surface area contributed by atoms with Crippen LogP contribution >= 0.6 is 0 Å². The summed E-state index contributed by atoms with van der Waals surface area (Å²) in [6.45, 7) is 0.189. The number of benzene rings is 3. The lowest BCUT2D eigenvalue weighted by Crippen LogP contribution is -2.05. The molecule has 0 saturated heterocycles. The van der Waals surface area contributed by atoms with Gasteiger partial charge in [0.15, 0.2) is 23.0 Å². The van der Waals surface area contributed by atoms with E-state index < -0.39 is 4.92 Å². The van der Waals surface area contributed by atoms with Crippen molar-refractivity contribution in [1.29, 1.82) is 0 Å². The maximum atomic E-state index is 11.1. The molecule has 0 bridgehead atoms. The summed E-state index contributed by atoms with van der Waals surface area (Å²) in [5.74, 6) is 2.02. The summed E-state index contributed by atoms with van der Waals surface area (Å²) in [6, 6.07) is 11.1. The second-order valence-corrected chi connectivity index (χ2v) is 6.75. The zero-order valence-electron chi connectivity index (χ0n) is 19.0. The van der Waals surface area contributed by atoms with Crippen LogP contribution in [-0.2, 0) is 6.61 Å². The second kappa shape index (κ2) is 10.4. The van der Waals surface area contributed by atoms with Gasteiger partial charge in [-0.25, -0.2) is 0 Å². The Kier molecular flexibility index (Phi) is 7.45. The van der Waals surface area contributed by atoms with Gasteiger partial charge >= 0.3 is 0 Å². The van der Waals surface area contributed by atoms with Crippen LogP contribution in [0.15, 0.2) is 42.6 Å². The van der Waals surface area contributed by atoms with Gasteiger partial charge in [-0.2, -0.15) is 0 Å². The minimum atomic E-state index is -0.567. The summed E-state index contributed by atoms with van der Waals surface area (Å²) in [5.41, 5.74) is 1.22. The minimum Gasteiger partial charge on any atom is -0.496 e. The van der Waals surface area contributed by atoms with Gasteiger partial charge in [0.25, 0.3) is 0 Å². The number of nitrogens with zero attached hydrogens (tertiary/aromatic N) is 1. The first kappa shape index (κ1) is 23.5. The molecule has 3 rings (SSSR count). The quantitative estimate of drug-likeness (QED) is 0.320. The van der Waals surface area contributed by atoms with E-state index in [9.17, 15) is 10.1 Å². The van der Waals surface area contributed by atoms with Crippen LogP contribution in [-0.4, -0.2) is 40.5 Å². The molecule has 0 aromatic heterocycles. The molecule has 0 saturated carbocycles. The van der Waals surface area contributed by atoms with Crippen LogP contribution in [0.3, 0.4) is 0 Å². The van der Waals surface area contributed by atoms with Crippen LogP contribution in [0.5, 0.6) is 34.5 Å². The fraction of sp³-hybridized carbons (Fsp3) is 0.250. The normalized spacial score (nSPS) is 10.8. The molecule has 0 spiro atoms. The van der Waals surface area contributed by atoms with Crippen LogP contribution in [0, 0.1) is 10.1 Å². The molecule has 0 atom stereocenters. The van der Waals surface area contributed by atoms with Crippen LogP contribution in [0.1, 0.15) is 11.1 Å². The molecule has 33 heavy (non-hydrogen) atoms. The maximum Gasteiger partial charge on any atom is 0.235 e. The maximum absolute atomic E-state index is 11.1. The third kappa shape index (κ3) is 4.57. The standard InChI is InChI=1S/C24H25NO8/c1-28-17-13-18(29-2)23(31-4)20-19(17)21(30-3)16(11-12-25(26)27)22(24(20)32-5)33-14-15-9-7-6-8-10-15/h6-13H,14H2,1-5H3/b12-11+. The summed E-state index contributed by atoms with van der Waals surface area (Å²) in [4.78, 5) is 10.6. The molecule has 9 nitrogen and oxygen atoms in total. The molecule has 0 unspecified atom stereocenters. The molecule has 0 heterocycles. The molecule has 3 aromatic rings. The molecule has 3 aromatic carbocycles. The molecular formula is C24H25NO8. The predicted octanol–water partition coefficient (Wildman–Crippen LogP) is 4.71. The number of nitro groups is 1. The van der Waals surface area contributed by atoms with E-state index in [0.717, 1.165) is 11.8 Å². The molecule has 0 aliphatic heterocycles. The molecule has 0 fully saturated rings. The lowest BCUT2D eigenvalue weighted by atomic mass is 9.99. The summed E-state index contributed by atoms with van der Waals surface area (Å²) in [5, 5.41) is 12.1. The molecule has 0 N–H and O–H groups in total. The van der Waals surface area contributed by atoms with Gasteiger partial charge in [0.1, 0.15) is 18.1 Å². The fourth-order valence-electron chi connectivity index (χ4n) is 3.61. The van der Waals surface area contributed by atoms with Crippen molar-refractivity contribution in [2.24, 2.45) is 0 Å². The number of methoxy groups -OCH3 is 5. The monoisotopic (exact) mass is 455 g/mol. The Morgan fingerprint density at radius 1 is 0.788 bits per heavy atom. The van der Waals surface area contributed by atoms with Crippen molar-refractivity contribution in [3.8, 4) is 34.5 Å². The third-order valence-corrected chi connectivity index (χ3v) is 5.00. The van der Waals surface area contributed by atoms with E-state index in [-0.39, 0.29) is 12.4 Å². The van der Waals surface area contributed by atoms with Gasteiger partial charge in [0.2, 0.25) is 6.20 Å². The Morgan fingerprint density at radius 3 is 1.97 bits per heavy atom. The van der Waals surface area contributed by atoms with E-state index in [1.54, 1.807) is 6.07 Å². The Hall–Kier alpha value is -4.14. The van der Waals surface area contributed by atoms with Gasteiger partial charge in [0.05, 0.1) is 56.8 Å². The Labute approximate surface area is 191 Å². The fourth-order valence-corrected chi connectivity index (χ4v) is 3.61. The first-order valence-electron chi connectivity index (χ1n) is 9.89. The first-order valence-corrected chi connectivity index (χ1v) is 9.89. The van der Waals surface area contributed by atoms with Crippen molar-refractivity contribution >= 4 is 16.8 Å². The highest BCUT2D eigenvalue weighted by Crippen LogP contribution is 2.55. The van der Waals surface area contributed by atoms with Crippen molar-refractivity contribution < 1.29 is 33.3 Å². The zero-order chi connectivity index (χ0) is 24.0. The van der Waals surface area contributed by atoms with Crippen molar-refractivity contribution in [1.82, 2.24) is 0 Å². The molecule has 174 valence electrons. The highest BCUT2D eigenvalue weighted by Gasteiger charge is 2.29. The SMILES string of the molecule is COc1cc(OC)c2c(OC)c(/C=C/[N+](=O)[O-])c(OCc3ccccc3)c(OC)c2c1OC. The average Bonchev–Trinajstić information content (AvgIpc) is 2.84. The third-order valence-electron chi connectivity index (χ3n) is 5.00. The zero-order valence-corrected chi connectivity index (χ0v) is 19.0. The van der Waals surface area contributed by atoms with E-state index in [1.807, 2.05) is 30.3 Å². The molecule has 9 heteroatoms. The summed E-state index contributed by atoms with van der Waals surface area (Å²) >= 11 is 0. The highest BCUT2D eigenvalue weighted by molar-refractivity contribution is 6.08. The van der Waals surface area contributed by atoms with Crippen LogP contribution < -0.4 is 28.4 Å². The number of hydrogen-bond donors (Lipinski definition) is 0. The second-order valence-electron chi connectivity index (χ2n) is 6.75. The number of ether oxygens (including phenoxy) is 6. The van der Waals surface area contributed by atoms with Gasteiger partial charge in [-0.3, -0.25) is 10.1 Å². The van der Waals surface area contributed by atoms with Gasteiger partial charge in [0, 0.05) is 12.1 Å². The number of hydrogen-bond acceptors (Lipinski definition) is 8. The van der Waals surface area contributed by atoms with Crippen molar-refractivity contribution in [2.75, 3.05) is 35.5 Å². The smallest absolute Gasteiger partial charge is 0.235 e. The highest BCUT2D eigenvalue weighted by atomic mass is 16.6. The van der Waals surface area contributed by atoms with Crippen molar-refractivity contribution in [2.45, 2.75) is 6.61 Å².